The summed E-state index contributed by atoms with van der Waals surface area (Å²) in [5.74, 6) is -0.0838. The van der Waals surface area contributed by atoms with Gasteiger partial charge >= 0.3 is 0 Å². The molecule has 0 saturated carbocycles. The van der Waals surface area contributed by atoms with Crippen LogP contribution < -0.4 is 11.1 Å². The largest absolute Gasteiger partial charge is 0.398 e. The Balaban J connectivity index is 2.13. The number of carbonyl (C=O) groups is 1. The zero-order valence-corrected chi connectivity index (χ0v) is 9.68. The highest BCUT2D eigenvalue weighted by molar-refractivity contribution is 6.35. The molecule has 2 aromatic carbocycles. The molecule has 0 aliphatic carbocycles. The second-order valence-electron chi connectivity index (χ2n) is 4.19. The van der Waals surface area contributed by atoms with Crippen LogP contribution in [0.3, 0.4) is 0 Å². The van der Waals surface area contributed by atoms with Gasteiger partial charge in [-0.05, 0) is 23.8 Å². The van der Waals surface area contributed by atoms with Crippen LogP contribution in [0.15, 0.2) is 48.5 Å². The first-order chi connectivity index (χ1) is 8.75. The van der Waals surface area contributed by atoms with Crippen molar-refractivity contribution in [3.63, 3.8) is 0 Å². The molecule has 0 saturated heterocycles. The number of nitrogens with one attached hydrogen (secondary N) is 1. The van der Waals surface area contributed by atoms with Gasteiger partial charge in [0, 0.05) is 22.5 Å². The quantitative estimate of drug-likeness (QED) is 0.591. The van der Waals surface area contributed by atoms with Crippen LogP contribution in [0.2, 0.25) is 0 Å². The number of amides is 1. The lowest BCUT2D eigenvalue weighted by Crippen LogP contribution is -2.03. The van der Waals surface area contributed by atoms with Crippen LogP contribution >= 0.6 is 0 Å². The van der Waals surface area contributed by atoms with E-state index in [1.54, 1.807) is 0 Å². The van der Waals surface area contributed by atoms with E-state index < -0.39 is 0 Å². The Bertz CT molecular complexity index is 659. The maximum absolute atomic E-state index is 11.9. The summed E-state index contributed by atoms with van der Waals surface area (Å²) in [6, 6.07) is 15.1. The number of fused-ring (bicyclic) bond motifs is 1. The van der Waals surface area contributed by atoms with Gasteiger partial charge in [-0.3, -0.25) is 4.79 Å². The summed E-state index contributed by atoms with van der Waals surface area (Å²) in [4.78, 5) is 11.9. The Hall–Kier alpha value is -2.55. The molecule has 0 fully saturated rings. The minimum atomic E-state index is -0.0838. The van der Waals surface area contributed by atoms with Crippen LogP contribution in [0.1, 0.15) is 11.1 Å². The molecule has 1 amide bonds. The standard InChI is InChI=1S/C15H12N2O/c16-13-7-3-1-5-10(13)9-12-11-6-2-4-8-14(11)17-15(12)18/h1-9H,16H2,(H,17,18). The number of carbonyl (C=O) groups excluding carboxylic acids is 1. The van der Waals surface area contributed by atoms with E-state index in [0.29, 0.717) is 11.3 Å². The van der Waals surface area contributed by atoms with E-state index in [9.17, 15) is 4.79 Å². The molecule has 88 valence electrons. The number of rotatable bonds is 1. The van der Waals surface area contributed by atoms with Crippen LogP contribution in [0.4, 0.5) is 11.4 Å². The smallest absolute Gasteiger partial charge is 0.256 e. The van der Waals surface area contributed by atoms with E-state index in [4.69, 9.17) is 5.73 Å². The van der Waals surface area contributed by atoms with Crippen LogP contribution in [0.5, 0.6) is 0 Å². The maximum atomic E-state index is 11.9. The Morgan fingerprint density at radius 3 is 2.56 bits per heavy atom. The first kappa shape index (κ1) is 10.6. The van der Waals surface area contributed by atoms with E-state index >= 15 is 0 Å². The molecule has 3 nitrogen and oxygen atoms in total. The summed E-state index contributed by atoms with van der Waals surface area (Å²) in [7, 11) is 0. The van der Waals surface area contributed by atoms with Gasteiger partial charge < -0.3 is 11.1 Å². The van der Waals surface area contributed by atoms with Crippen LogP contribution in [0, 0.1) is 0 Å². The Morgan fingerprint density at radius 2 is 1.72 bits per heavy atom. The predicted molar refractivity (Wildman–Crippen MR) is 73.8 cm³/mol. The number of nitrogen functional groups attached to an aromatic ring is 1. The van der Waals surface area contributed by atoms with Crippen molar-refractivity contribution in [2.45, 2.75) is 0 Å². The number of benzene rings is 2. The molecule has 0 bridgehead atoms. The molecule has 18 heavy (non-hydrogen) atoms. The SMILES string of the molecule is Nc1ccccc1C=C1C(=O)Nc2ccccc21. The molecular formula is C15H12N2O. The second-order valence-corrected chi connectivity index (χ2v) is 4.19. The van der Waals surface area contributed by atoms with Crippen molar-refractivity contribution in [1.82, 2.24) is 0 Å². The molecule has 2 aromatic rings. The lowest BCUT2D eigenvalue weighted by atomic mass is 10.0. The second kappa shape index (κ2) is 4.04. The molecule has 0 spiro atoms. The average Bonchev–Trinajstić information content (AvgIpc) is 2.69. The van der Waals surface area contributed by atoms with Crippen LogP contribution in [-0.2, 0) is 4.79 Å². The van der Waals surface area contributed by atoms with Crippen LogP contribution in [-0.4, -0.2) is 5.91 Å². The van der Waals surface area contributed by atoms with E-state index in [1.807, 2.05) is 54.6 Å². The summed E-state index contributed by atoms with van der Waals surface area (Å²) in [6.45, 7) is 0. The van der Waals surface area contributed by atoms with Gasteiger partial charge in [-0.25, -0.2) is 0 Å². The summed E-state index contributed by atoms with van der Waals surface area (Å²) in [6.07, 6.45) is 1.83. The average molecular weight is 236 g/mol. The third-order valence-electron chi connectivity index (χ3n) is 3.01. The Kier molecular flexibility index (Phi) is 2.38. The maximum Gasteiger partial charge on any atom is 0.256 e. The van der Waals surface area contributed by atoms with Crippen molar-refractivity contribution in [3.8, 4) is 0 Å². The normalized spacial score (nSPS) is 15.6. The third-order valence-corrected chi connectivity index (χ3v) is 3.01. The van der Waals surface area contributed by atoms with Crippen molar-refractivity contribution >= 4 is 28.9 Å². The van der Waals surface area contributed by atoms with E-state index in [1.165, 1.54) is 0 Å². The number of hydrogen-bond acceptors (Lipinski definition) is 2. The summed E-state index contributed by atoms with van der Waals surface area (Å²) < 4.78 is 0. The Morgan fingerprint density at radius 1 is 1.00 bits per heavy atom. The van der Waals surface area contributed by atoms with Gasteiger partial charge in [0.25, 0.3) is 5.91 Å². The minimum absolute atomic E-state index is 0.0838. The van der Waals surface area contributed by atoms with Crippen molar-refractivity contribution in [3.05, 3.63) is 59.7 Å². The van der Waals surface area contributed by atoms with Gasteiger partial charge in [-0.15, -0.1) is 0 Å². The predicted octanol–water partition coefficient (Wildman–Crippen LogP) is 2.76. The van der Waals surface area contributed by atoms with Gasteiger partial charge in [0.15, 0.2) is 0 Å². The fraction of sp³-hybridized carbons (Fsp3) is 0. The highest BCUT2D eigenvalue weighted by atomic mass is 16.2. The van der Waals surface area contributed by atoms with Crippen molar-refractivity contribution in [2.75, 3.05) is 11.1 Å². The molecule has 1 aliphatic rings. The molecule has 0 radical (unpaired) electrons. The molecule has 3 N–H and O–H groups in total. The summed E-state index contributed by atoms with van der Waals surface area (Å²) in [5.41, 5.74) is 9.85. The highest BCUT2D eigenvalue weighted by Crippen LogP contribution is 2.33. The third kappa shape index (κ3) is 1.66. The zero-order valence-electron chi connectivity index (χ0n) is 9.68. The summed E-state index contributed by atoms with van der Waals surface area (Å²) in [5, 5.41) is 2.84. The first-order valence-electron chi connectivity index (χ1n) is 5.72. The van der Waals surface area contributed by atoms with Gasteiger partial charge in [0.2, 0.25) is 0 Å². The van der Waals surface area contributed by atoms with Crippen molar-refractivity contribution in [2.24, 2.45) is 0 Å². The van der Waals surface area contributed by atoms with Crippen molar-refractivity contribution in [1.29, 1.82) is 0 Å². The number of para-hydroxylation sites is 2. The summed E-state index contributed by atoms with van der Waals surface area (Å²) >= 11 is 0. The Labute approximate surface area is 105 Å². The van der Waals surface area contributed by atoms with E-state index in [2.05, 4.69) is 5.32 Å². The first-order valence-corrected chi connectivity index (χ1v) is 5.72. The lowest BCUT2D eigenvalue weighted by molar-refractivity contribution is -0.110. The molecular weight excluding hydrogens is 224 g/mol. The topological polar surface area (TPSA) is 55.1 Å². The molecule has 3 heteroatoms. The number of anilines is 2. The molecule has 0 unspecified atom stereocenters. The van der Waals surface area contributed by atoms with E-state index in [0.717, 1.165) is 16.8 Å². The lowest BCUT2D eigenvalue weighted by Gasteiger charge is -2.01. The van der Waals surface area contributed by atoms with Crippen LogP contribution in [0.25, 0.3) is 11.6 Å². The minimum Gasteiger partial charge on any atom is -0.398 e. The number of hydrogen-bond donors (Lipinski definition) is 2. The molecule has 1 aliphatic heterocycles. The van der Waals surface area contributed by atoms with Gasteiger partial charge in [-0.1, -0.05) is 36.4 Å². The monoisotopic (exact) mass is 236 g/mol. The fourth-order valence-electron chi connectivity index (χ4n) is 2.08. The van der Waals surface area contributed by atoms with Gasteiger partial charge in [0.1, 0.15) is 0 Å². The molecule has 0 aromatic heterocycles. The molecule has 3 rings (SSSR count). The number of nitrogens with two attached hydrogens (primary N) is 1. The van der Waals surface area contributed by atoms with Crippen molar-refractivity contribution < 1.29 is 4.79 Å². The van der Waals surface area contributed by atoms with E-state index in [-0.39, 0.29) is 5.91 Å². The molecule has 1 heterocycles. The van der Waals surface area contributed by atoms with Gasteiger partial charge in [-0.2, -0.15) is 0 Å². The highest BCUT2D eigenvalue weighted by Gasteiger charge is 2.23. The molecule has 0 atom stereocenters. The zero-order chi connectivity index (χ0) is 12.5. The fourth-order valence-corrected chi connectivity index (χ4v) is 2.08. The van der Waals surface area contributed by atoms with Gasteiger partial charge in [0.05, 0.1) is 0 Å².